The largest absolute Gasteiger partial charge is 0.478 e. The number of hydrogen-bond donors (Lipinski definition) is 2. The third kappa shape index (κ3) is 4.15. The summed E-state index contributed by atoms with van der Waals surface area (Å²) in [6.45, 7) is 4.66. The minimum Gasteiger partial charge on any atom is -0.478 e. The van der Waals surface area contributed by atoms with Crippen LogP contribution < -0.4 is 10.2 Å². The van der Waals surface area contributed by atoms with Gasteiger partial charge in [-0.3, -0.25) is 9.78 Å². The monoisotopic (exact) mass is 464 g/mol. The fraction of sp³-hybridized carbons (Fsp3) is 0.227. The number of aromatic carboxylic acids is 1. The molecule has 1 fully saturated rings. The molecule has 0 spiro atoms. The van der Waals surface area contributed by atoms with Crippen molar-refractivity contribution in [3.8, 4) is 10.4 Å². The molecule has 5 heterocycles. The molecule has 33 heavy (non-hydrogen) atoms. The van der Waals surface area contributed by atoms with E-state index in [4.69, 9.17) is 4.74 Å². The van der Waals surface area contributed by atoms with Crippen LogP contribution in [0, 0.1) is 6.92 Å². The van der Waals surface area contributed by atoms with Gasteiger partial charge in [-0.15, -0.1) is 11.3 Å². The zero-order chi connectivity index (χ0) is 22.9. The molecule has 1 aliphatic rings. The molecule has 0 aromatic carbocycles. The Hall–Kier alpha value is -3.83. The van der Waals surface area contributed by atoms with Gasteiger partial charge < -0.3 is 20.1 Å². The van der Waals surface area contributed by atoms with Crippen LogP contribution in [0.5, 0.6) is 0 Å². The van der Waals surface area contributed by atoms with Gasteiger partial charge in [0, 0.05) is 31.7 Å². The van der Waals surface area contributed by atoms with Crippen molar-refractivity contribution in [2.24, 2.45) is 0 Å². The molecule has 4 aromatic rings. The molecule has 168 valence electrons. The molecule has 10 nitrogen and oxygen atoms in total. The molecule has 0 saturated carbocycles. The van der Waals surface area contributed by atoms with E-state index in [0.717, 1.165) is 29.3 Å². The number of nitrogens with one attached hydrogen (secondary N) is 1. The van der Waals surface area contributed by atoms with E-state index in [0.29, 0.717) is 35.0 Å². The predicted molar refractivity (Wildman–Crippen MR) is 123 cm³/mol. The van der Waals surface area contributed by atoms with Crippen molar-refractivity contribution in [1.82, 2.24) is 19.6 Å². The van der Waals surface area contributed by atoms with Gasteiger partial charge in [0.2, 0.25) is 0 Å². The number of aromatic nitrogens is 4. The molecule has 1 saturated heterocycles. The highest BCUT2D eigenvalue weighted by atomic mass is 32.1. The first-order valence-corrected chi connectivity index (χ1v) is 11.1. The molecule has 2 N–H and O–H groups in total. The molecule has 0 atom stereocenters. The fourth-order valence-electron chi connectivity index (χ4n) is 3.58. The van der Waals surface area contributed by atoms with Crippen molar-refractivity contribution < 1.29 is 19.4 Å². The number of ether oxygens (including phenoxy) is 1. The maximum absolute atomic E-state index is 13.0. The van der Waals surface area contributed by atoms with Crippen LogP contribution in [-0.2, 0) is 4.74 Å². The molecular weight excluding hydrogens is 444 g/mol. The average molecular weight is 465 g/mol. The van der Waals surface area contributed by atoms with E-state index in [-0.39, 0.29) is 11.5 Å². The zero-order valence-electron chi connectivity index (χ0n) is 17.7. The number of pyridine rings is 2. The minimum atomic E-state index is -1.11. The van der Waals surface area contributed by atoms with Gasteiger partial charge in [-0.2, -0.15) is 5.10 Å². The Morgan fingerprint density at radius 2 is 2.00 bits per heavy atom. The summed E-state index contributed by atoms with van der Waals surface area (Å²) in [5, 5.41) is 16.3. The van der Waals surface area contributed by atoms with Crippen LogP contribution in [-0.4, -0.2) is 62.9 Å². The third-order valence-electron chi connectivity index (χ3n) is 5.39. The van der Waals surface area contributed by atoms with Crippen LogP contribution in [0.15, 0.2) is 43.0 Å². The molecule has 1 amide bonds. The maximum atomic E-state index is 13.0. The SMILES string of the molecule is Cc1ncc(C(=O)O)cc1NC(=O)c1cnn2cc(-c3ccnc(N4CCOCC4)c3)sc12. The smallest absolute Gasteiger partial charge is 0.337 e. The molecule has 5 rings (SSSR count). The van der Waals surface area contributed by atoms with Crippen LogP contribution in [0.4, 0.5) is 11.5 Å². The summed E-state index contributed by atoms with van der Waals surface area (Å²) in [5.74, 6) is -0.599. The number of morpholine rings is 1. The van der Waals surface area contributed by atoms with E-state index in [1.807, 2.05) is 18.3 Å². The van der Waals surface area contributed by atoms with Gasteiger partial charge >= 0.3 is 5.97 Å². The topological polar surface area (TPSA) is 122 Å². The standard InChI is InChI=1S/C22H20N6O4S/c1-13-17(8-15(10-24-13)22(30)31)26-20(29)16-11-25-28-12-18(33-21(16)28)14-2-3-23-19(9-14)27-4-6-32-7-5-27/h2-3,8-12H,4-7H2,1H3,(H,26,29)(H,30,31). The van der Waals surface area contributed by atoms with E-state index >= 15 is 0 Å². The number of rotatable bonds is 5. The summed E-state index contributed by atoms with van der Waals surface area (Å²) in [5.41, 5.74) is 2.26. The van der Waals surface area contributed by atoms with E-state index < -0.39 is 5.97 Å². The Labute approximate surface area is 192 Å². The molecular formula is C22H20N6O4S. The van der Waals surface area contributed by atoms with Crippen molar-refractivity contribution in [2.45, 2.75) is 6.92 Å². The normalized spacial score (nSPS) is 13.9. The summed E-state index contributed by atoms with van der Waals surface area (Å²) in [4.78, 5) is 36.6. The summed E-state index contributed by atoms with van der Waals surface area (Å²) in [6, 6.07) is 5.36. The van der Waals surface area contributed by atoms with E-state index in [2.05, 4.69) is 25.3 Å². The second kappa shape index (κ2) is 8.60. The molecule has 0 bridgehead atoms. The molecule has 11 heteroatoms. The number of fused-ring (bicyclic) bond motifs is 1. The van der Waals surface area contributed by atoms with Gasteiger partial charge in [-0.1, -0.05) is 0 Å². The van der Waals surface area contributed by atoms with Gasteiger partial charge in [0.25, 0.3) is 5.91 Å². The number of hydrogen-bond acceptors (Lipinski definition) is 8. The number of carboxylic acid groups (broad SMARTS) is 1. The van der Waals surface area contributed by atoms with Crippen LogP contribution in [0.25, 0.3) is 15.3 Å². The summed E-state index contributed by atoms with van der Waals surface area (Å²) < 4.78 is 7.09. The number of carboxylic acids is 1. The summed E-state index contributed by atoms with van der Waals surface area (Å²) in [6.07, 6.45) is 6.42. The van der Waals surface area contributed by atoms with E-state index in [9.17, 15) is 14.7 Å². The first-order chi connectivity index (χ1) is 16.0. The lowest BCUT2D eigenvalue weighted by atomic mass is 10.2. The van der Waals surface area contributed by atoms with Gasteiger partial charge in [0.05, 0.1) is 46.8 Å². The van der Waals surface area contributed by atoms with Gasteiger partial charge in [-0.25, -0.2) is 14.3 Å². The summed E-state index contributed by atoms with van der Waals surface area (Å²) >= 11 is 1.45. The first-order valence-electron chi connectivity index (χ1n) is 10.3. The van der Waals surface area contributed by atoms with Gasteiger partial charge in [0.1, 0.15) is 10.6 Å². The lowest BCUT2D eigenvalue weighted by Crippen LogP contribution is -2.36. The number of nitrogens with zero attached hydrogens (tertiary/aromatic N) is 5. The number of thiazole rings is 1. The van der Waals surface area contributed by atoms with Crippen LogP contribution in [0.3, 0.4) is 0 Å². The van der Waals surface area contributed by atoms with E-state index in [1.165, 1.54) is 29.8 Å². The average Bonchev–Trinajstić information content (AvgIpc) is 3.42. The summed E-state index contributed by atoms with van der Waals surface area (Å²) in [7, 11) is 0. The zero-order valence-corrected chi connectivity index (χ0v) is 18.5. The highest BCUT2D eigenvalue weighted by Gasteiger charge is 2.19. The highest BCUT2D eigenvalue weighted by molar-refractivity contribution is 7.21. The van der Waals surface area contributed by atoms with Gasteiger partial charge in [0.15, 0.2) is 0 Å². The van der Waals surface area contributed by atoms with Crippen molar-refractivity contribution in [3.63, 3.8) is 0 Å². The number of anilines is 2. The molecule has 0 aliphatic carbocycles. The number of carbonyl (C=O) groups excluding carboxylic acids is 1. The highest BCUT2D eigenvalue weighted by Crippen LogP contribution is 2.32. The first kappa shape index (κ1) is 21.0. The Morgan fingerprint density at radius 1 is 1.18 bits per heavy atom. The number of aryl methyl sites for hydroxylation is 1. The molecule has 4 aromatic heterocycles. The third-order valence-corrected chi connectivity index (χ3v) is 6.55. The Balaban J connectivity index is 1.42. The quantitative estimate of drug-likeness (QED) is 0.462. The minimum absolute atomic E-state index is 0.00298. The Morgan fingerprint density at radius 3 is 2.79 bits per heavy atom. The maximum Gasteiger partial charge on any atom is 0.337 e. The predicted octanol–water partition coefficient (Wildman–Crippen LogP) is 2.95. The van der Waals surface area contributed by atoms with Crippen LogP contribution in [0.2, 0.25) is 0 Å². The number of carbonyl (C=O) groups is 2. The molecule has 1 aliphatic heterocycles. The lowest BCUT2D eigenvalue weighted by Gasteiger charge is -2.27. The van der Waals surface area contributed by atoms with E-state index in [1.54, 1.807) is 17.6 Å². The molecule has 0 unspecified atom stereocenters. The van der Waals surface area contributed by atoms with Gasteiger partial charge in [-0.05, 0) is 30.7 Å². The van der Waals surface area contributed by atoms with Crippen molar-refractivity contribution in [2.75, 3.05) is 36.5 Å². The Kier molecular flexibility index (Phi) is 5.48. The lowest BCUT2D eigenvalue weighted by molar-refractivity contribution is 0.0696. The molecule has 0 radical (unpaired) electrons. The fourth-order valence-corrected chi connectivity index (χ4v) is 4.63. The van der Waals surface area contributed by atoms with Crippen molar-refractivity contribution in [1.29, 1.82) is 0 Å². The second-order valence-electron chi connectivity index (χ2n) is 7.52. The van der Waals surface area contributed by atoms with Crippen LogP contribution in [0.1, 0.15) is 26.4 Å². The second-order valence-corrected chi connectivity index (χ2v) is 8.55. The number of amides is 1. The van der Waals surface area contributed by atoms with Crippen molar-refractivity contribution >= 4 is 39.5 Å². The van der Waals surface area contributed by atoms with Crippen molar-refractivity contribution in [3.05, 3.63) is 59.8 Å². The van der Waals surface area contributed by atoms with Crippen LogP contribution >= 0.6 is 11.3 Å². The Bertz CT molecular complexity index is 1360.